The van der Waals surface area contributed by atoms with E-state index in [1.54, 1.807) is 6.20 Å². The minimum atomic E-state index is -0.218. The van der Waals surface area contributed by atoms with Crippen molar-refractivity contribution in [3.05, 3.63) is 41.2 Å². The van der Waals surface area contributed by atoms with Crippen LogP contribution >= 0.6 is 0 Å². The van der Waals surface area contributed by atoms with Gasteiger partial charge in [-0.2, -0.15) is 0 Å². The summed E-state index contributed by atoms with van der Waals surface area (Å²) in [6.07, 6.45) is 3.77. The largest absolute Gasteiger partial charge is 0.320 e. The Balaban J connectivity index is 1.73. The summed E-state index contributed by atoms with van der Waals surface area (Å²) in [6, 6.07) is 6.37. The first-order valence-electron chi connectivity index (χ1n) is 8.71. The Morgan fingerprint density at radius 3 is 2.84 bits per heavy atom. The summed E-state index contributed by atoms with van der Waals surface area (Å²) in [7, 11) is 4.02. The van der Waals surface area contributed by atoms with Crippen LogP contribution in [0.3, 0.4) is 0 Å². The molecule has 0 unspecified atom stereocenters. The minimum absolute atomic E-state index is 0.218. The number of amides is 1. The van der Waals surface area contributed by atoms with E-state index in [1.165, 1.54) is 5.56 Å². The predicted molar refractivity (Wildman–Crippen MR) is 97.7 cm³/mol. The molecule has 1 aromatic heterocycles. The molecular formula is C18H26N6O. The molecule has 7 nitrogen and oxygen atoms in total. The third kappa shape index (κ3) is 4.43. The zero-order valence-corrected chi connectivity index (χ0v) is 15.1. The van der Waals surface area contributed by atoms with Crippen molar-refractivity contribution in [2.24, 2.45) is 0 Å². The van der Waals surface area contributed by atoms with Crippen molar-refractivity contribution in [1.29, 1.82) is 0 Å². The van der Waals surface area contributed by atoms with Crippen LogP contribution in [-0.2, 0) is 6.54 Å². The van der Waals surface area contributed by atoms with Crippen LogP contribution in [0.5, 0.6) is 0 Å². The average molecular weight is 342 g/mol. The first kappa shape index (κ1) is 17.6. The number of hydrogen-bond donors (Lipinski definition) is 2. The lowest BCUT2D eigenvalue weighted by Gasteiger charge is -2.22. The second-order valence-electron chi connectivity index (χ2n) is 6.92. The lowest BCUT2D eigenvalue weighted by molar-refractivity contribution is 0.102. The van der Waals surface area contributed by atoms with Crippen molar-refractivity contribution in [2.75, 3.05) is 32.5 Å². The van der Waals surface area contributed by atoms with Crippen molar-refractivity contribution < 1.29 is 4.79 Å². The summed E-state index contributed by atoms with van der Waals surface area (Å²) in [5.41, 5.74) is 3.44. The predicted octanol–water partition coefficient (Wildman–Crippen LogP) is 1.82. The topological polar surface area (TPSA) is 75.1 Å². The molecule has 1 aliphatic rings. The number of anilines is 1. The Bertz CT molecular complexity index is 733. The van der Waals surface area contributed by atoms with Crippen LogP contribution in [0, 0.1) is 6.92 Å². The molecule has 134 valence electrons. The van der Waals surface area contributed by atoms with Gasteiger partial charge in [-0.1, -0.05) is 22.9 Å². The average Bonchev–Trinajstić information content (AvgIpc) is 3.08. The second kappa shape index (κ2) is 7.76. The number of rotatable bonds is 5. The van der Waals surface area contributed by atoms with Crippen LogP contribution in [0.2, 0.25) is 0 Å². The number of nitrogens with zero attached hydrogens (tertiary/aromatic N) is 4. The number of piperidine rings is 1. The van der Waals surface area contributed by atoms with E-state index in [4.69, 9.17) is 0 Å². The van der Waals surface area contributed by atoms with Crippen molar-refractivity contribution in [3.8, 4) is 0 Å². The molecule has 1 saturated heterocycles. The van der Waals surface area contributed by atoms with E-state index in [9.17, 15) is 4.79 Å². The SMILES string of the molecule is Cc1ccc(NC(=O)c2cn(C3CCNCC3)nn2)c(CN(C)C)c1. The molecule has 1 amide bonds. The first-order valence-corrected chi connectivity index (χ1v) is 8.71. The van der Waals surface area contributed by atoms with E-state index < -0.39 is 0 Å². The first-order chi connectivity index (χ1) is 12.0. The molecule has 0 saturated carbocycles. The normalized spacial score (nSPS) is 15.5. The summed E-state index contributed by atoms with van der Waals surface area (Å²) in [5, 5.41) is 14.5. The van der Waals surface area contributed by atoms with Gasteiger partial charge in [-0.25, -0.2) is 4.68 Å². The van der Waals surface area contributed by atoms with Crippen LogP contribution in [0.4, 0.5) is 5.69 Å². The Kier molecular flexibility index (Phi) is 5.45. The van der Waals surface area contributed by atoms with E-state index >= 15 is 0 Å². The van der Waals surface area contributed by atoms with Crippen LogP contribution in [0.1, 0.15) is 40.5 Å². The van der Waals surface area contributed by atoms with Crippen molar-refractivity contribution in [3.63, 3.8) is 0 Å². The maximum absolute atomic E-state index is 12.6. The summed E-state index contributed by atoms with van der Waals surface area (Å²) >= 11 is 0. The maximum atomic E-state index is 12.6. The van der Waals surface area contributed by atoms with Crippen LogP contribution < -0.4 is 10.6 Å². The molecule has 0 bridgehead atoms. The number of benzene rings is 1. The molecule has 0 spiro atoms. The van der Waals surface area contributed by atoms with E-state index in [0.29, 0.717) is 11.7 Å². The summed E-state index contributed by atoms with van der Waals surface area (Å²) in [6.45, 7) is 4.76. The molecule has 1 fully saturated rings. The highest BCUT2D eigenvalue weighted by Crippen LogP contribution is 2.20. The van der Waals surface area contributed by atoms with E-state index in [-0.39, 0.29) is 5.91 Å². The van der Waals surface area contributed by atoms with Gasteiger partial charge in [0.15, 0.2) is 5.69 Å². The molecule has 1 aromatic carbocycles. The standard InChI is InChI=1S/C18H26N6O/c1-13-4-5-16(14(10-13)11-23(2)3)20-18(25)17-12-24(22-21-17)15-6-8-19-9-7-15/h4-5,10,12,15,19H,6-9,11H2,1-3H3,(H,20,25). The quantitative estimate of drug-likeness (QED) is 0.867. The number of carbonyl (C=O) groups excluding carboxylic acids is 1. The Morgan fingerprint density at radius 1 is 1.36 bits per heavy atom. The second-order valence-corrected chi connectivity index (χ2v) is 6.92. The van der Waals surface area contributed by atoms with Gasteiger partial charge < -0.3 is 15.5 Å². The fraction of sp³-hybridized carbons (Fsp3) is 0.500. The number of aryl methyl sites for hydroxylation is 1. The van der Waals surface area contributed by atoms with Gasteiger partial charge in [-0.15, -0.1) is 5.10 Å². The Hall–Kier alpha value is -2.25. The fourth-order valence-corrected chi connectivity index (χ4v) is 3.13. The molecule has 1 aliphatic heterocycles. The zero-order valence-electron chi connectivity index (χ0n) is 15.1. The molecule has 0 radical (unpaired) electrons. The van der Waals surface area contributed by atoms with Crippen molar-refractivity contribution >= 4 is 11.6 Å². The van der Waals surface area contributed by atoms with Crippen LogP contribution in [0.15, 0.2) is 24.4 Å². The van der Waals surface area contributed by atoms with Gasteiger partial charge in [0.2, 0.25) is 0 Å². The summed E-state index contributed by atoms with van der Waals surface area (Å²) in [5.74, 6) is -0.218. The number of hydrogen-bond acceptors (Lipinski definition) is 5. The fourth-order valence-electron chi connectivity index (χ4n) is 3.13. The number of aromatic nitrogens is 3. The van der Waals surface area contributed by atoms with Crippen molar-refractivity contribution in [1.82, 2.24) is 25.2 Å². The smallest absolute Gasteiger partial charge is 0.277 e. The Labute approximate surface area is 148 Å². The molecule has 7 heteroatoms. The van der Waals surface area contributed by atoms with E-state index in [2.05, 4.69) is 38.8 Å². The van der Waals surface area contributed by atoms with Gasteiger partial charge in [0.25, 0.3) is 5.91 Å². The summed E-state index contributed by atoms with van der Waals surface area (Å²) < 4.78 is 1.83. The molecule has 0 aliphatic carbocycles. The highest BCUT2D eigenvalue weighted by atomic mass is 16.2. The molecule has 2 aromatic rings. The molecular weight excluding hydrogens is 316 g/mol. The van der Waals surface area contributed by atoms with Crippen LogP contribution in [0.25, 0.3) is 0 Å². The van der Waals surface area contributed by atoms with Crippen LogP contribution in [-0.4, -0.2) is 53.0 Å². The van der Waals surface area contributed by atoms with Gasteiger partial charge in [0, 0.05) is 12.2 Å². The lowest BCUT2D eigenvalue weighted by Crippen LogP contribution is -2.29. The van der Waals surface area contributed by atoms with Gasteiger partial charge in [0.05, 0.1) is 12.2 Å². The van der Waals surface area contributed by atoms with E-state index in [0.717, 1.165) is 43.7 Å². The van der Waals surface area contributed by atoms with Gasteiger partial charge >= 0.3 is 0 Å². The van der Waals surface area contributed by atoms with Gasteiger partial charge in [-0.05, 0) is 58.6 Å². The third-order valence-electron chi connectivity index (χ3n) is 4.42. The molecule has 2 N–H and O–H groups in total. The maximum Gasteiger partial charge on any atom is 0.277 e. The molecule has 0 atom stereocenters. The number of nitrogens with one attached hydrogen (secondary N) is 2. The van der Waals surface area contributed by atoms with Crippen molar-refractivity contribution in [2.45, 2.75) is 32.4 Å². The Morgan fingerprint density at radius 2 is 2.12 bits per heavy atom. The van der Waals surface area contributed by atoms with E-state index in [1.807, 2.05) is 30.9 Å². The minimum Gasteiger partial charge on any atom is -0.320 e. The molecule has 3 rings (SSSR count). The monoisotopic (exact) mass is 342 g/mol. The van der Waals surface area contributed by atoms with Gasteiger partial charge in [0.1, 0.15) is 0 Å². The molecule has 2 heterocycles. The lowest BCUT2D eigenvalue weighted by atomic mass is 10.1. The number of carbonyl (C=O) groups is 1. The highest BCUT2D eigenvalue weighted by molar-refractivity contribution is 6.03. The third-order valence-corrected chi connectivity index (χ3v) is 4.42. The zero-order chi connectivity index (χ0) is 17.8. The molecule has 25 heavy (non-hydrogen) atoms. The highest BCUT2D eigenvalue weighted by Gasteiger charge is 2.19. The van der Waals surface area contributed by atoms with Gasteiger partial charge in [-0.3, -0.25) is 4.79 Å². The summed E-state index contributed by atoms with van der Waals surface area (Å²) in [4.78, 5) is 14.7.